The second-order valence-electron chi connectivity index (χ2n) is 7.03. The summed E-state index contributed by atoms with van der Waals surface area (Å²) < 4.78 is 40.1. The van der Waals surface area contributed by atoms with Gasteiger partial charge < -0.3 is 5.32 Å². The van der Waals surface area contributed by atoms with E-state index in [1.165, 1.54) is 34.6 Å². The van der Waals surface area contributed by atoms with Gasteiger partial charge in [-0.1, -0.05) is 35.3 Å². The topological polar surface area (TPSA) is 66.5 Å². The van der Waals surface area contributed by atoms with Gasteiger partial charge in [0, 0.05) is 24.0 Å². The summed E-state index contributed by atoms with van der Waals surface area (Å²) in [6.07, 6.45) is 0.804. The first-order valence-electron chi connectivity index (χ1n) is 9.19. The summed E-state index contributed by atoms with van der Waals surface area (Å²) in [5, 5.41) is 3.32. The highest BCUT2D eigenvalue weighted by atomic mass is 35.5. The second kappa shape index (κ2) is 9.00. The smallest absolute Gasteiger partial charge is 0.244 e. The zero-order valence-electron chi connectivity index (χ0n) is 15.7. The highest BCUT2D eigenvalue weighted by Crippen LogP contribution is 2.30. The lowest BCUT2D eigenvalue weighted by molar-refractivity contribution is -0.126. The molecule has 156 valence electrons. The van der Waals surface area contributed by atoms with Crippen LogP contribution in [-0.2, 0) is 14.8 Å². The Labute approximate surface area is 179 Å². The molecule has 1 aliphatic rings. The lowest BCUT2D eigenvalue weighted by Crippen LogP contribution is -2.43. The van der Waals surface area contributed by atoms with Crippen LogP contribution in [0.4, 0.5) is 4.39 Å². The minimum atomic E-state index is -3.78. The fourth-order valence-electron chi connectivity index (χ4n) is 3.34. The Morgan fingerprint density at radius 2 is 1.76 bits per heavy atom. The lowest BCUT2D eigenvalue weighted by atomic mass is 9.96. The maximum absolute atomic E-state index is 13.0. The van der Waals surface area contributed by atoms with Crippen LogP contribution >= 0.6 is 23.2 Å². The number of amides is 1. The molecule has 1 N–H and O–H groups in total. The molecule has 1 fully saturated rings. The fraction of sp³-hybridized carbons (Fsp3) is 0.350. The normalized spacial score (nSPS) is 17.1. The van der Waals surface area contributed by atoms with Crippen molar-refractivity contribution in [2.45, 2.75) is 30.7 Å². The van der Waals surface area contributed by atoms with E-state index in [-0.39, 0.29) is 51.7 Å². The van der Waals surface area contributed by atoms with Crippen molar-refractivity contribution in [1.82, 2.24) is 9.62 Å². The Morgan fingerprint density at radius 1 is 1.14 bits per heavy atom. The van der Waals surface area contributed by atoms with Crippen LogP contribution in [0.1, 0.15) is 31.4 Å². The molecule has 0 unspecified atom stereocenters. The van der Waals surface area contributed by atoms with E-state index in [4.69, 9.17) is 23.2 Å². The van der Waals surface area contributed by atoms with Crippen LogP contribution in [-0.4, -0.2) is 31.7 Å². The molecule has 0 radical (unpaired) electrons. The number of nitrogens with zero attached hydrogens (tertiary/aromatic N) is 1. The SMILES string of the molecule is C[C@H](NC(=O)C1CCN(S(=O)(=O)c2cc(Cl)ccc2Cl)CC1)c1ccc(F)cc1. The molecule has 29 heavy (non-hydrogen) atoms. The van der Waals surface area contributed by atoms with Crippen molar-refractivity contribution in [3.63, 3.8) is 0 Å². The van der Waals surface area contributed by atoms with Gasteiger partial charge in [0.1, 0.15) is 10.7 Å². The molecule has 1 atom stereocenters. The number of nitrogens with one attached hydrogen (secondary N) is 1. The lowest BCUT2D eigenvalue weighted by Gasteiger charge is -2.31. The molecule has 1 saturated heterocycles. The number of rotatable bonds is 5. The molecule has 3 rings (SSSR count). The third kappa shape index (κ3) is 5.09. The largest absolute Gasteiger partial charge is 0.349 e. The summed E-state index contributed by atoms with van der Waals surface area (Å²) in [6, 6.07) is 10.0. The molecule has 2 aromatic carbocycles. The van der Waals surface area contributed by atoms with Gasteiger partial charge in [-0.05, 0) is 55.7 Å². The minimum absolute atomic E-state index is 0.0282. The maximum atomic E-state index is 13.0. The van der Waals surface area contributed by atoms with Crippen LogP contribution < -0.4 is 5.32 Å². The van der Waals surface area contributed by atoms with Crippen molar-refractivity contribution >= 4 is 39.1 Å². The molecule has 1 heterocycles. The maximum Gasteiger partial charge on any atom is 0.244 e. The summed E-state index contributed by atoms with van der Waals surface area (Å²) in [7, 11) is -3.78. The Bertz CT molecular complexity index is 991. The van der Waals surface area contributed by atoms with Gasteiger partial charge in [-0.2, -0.15) is 4.31 Å². The van der Waals surface area contributed by atoms with Gasteiger partial charge in [-0.15, -0.1) is 0 Å². The molecule has 2 aromatic rings. The van der Waals surface area contributed by atoms with Gasteiger partial charge >= 0.3 is 0 Å². The summed E-state index contributed by atoms with van der Waals surface area (Å²) in [5.74, 6) is -0.764. The van der Waals surface area contributed by atoms with E-state index in [9.17, 15) is 17.6 Å². The van der Waals surface area contributed by atoms with Gasteiger partial charge in [-0.25, -0.2) is 12.8 Å². The zero-order valence-corrected chi connectivity index (χ0v) is 18.1. The highest BCUT2D eigenvalue weighted by molar-refractivity contribution is 7.89. The highest BCUT2D eigenvalue weighted by Gasteiger charge is 2.33. The van der Waals surface area contributed by atoms with Crippen LogP contribution in [0.15, 0.2) is 47.4 Å². The molecule has 0 bridgehead atoms. The number of hydrogen-bond acceptors (Lipinski definition) is 3. The van der Waals surface area contributed by atoms with E-state index in [1.807, 2.05) is 6.92 Å². The van der Waals surface area contributed by atoms with Crippen molar-refractivity contribution < 1.29 is 17.6 Å². The van der Waals surface area contributed by atoms with Crippen LogP contribution in [0.2, 0.25) is 10.0 Å². The number of carbonyl (C=O) groups excluding carboxylic acids is 1. The number of carbonyl (C=O) groups is 1. The summed E-state index contributed by atoms with van der Waals surface area (Å²) >= 11 is 12.0. The Kier molecular flexibility index (Phi) is 6.83. The molecule has 0 spiro atoms. The third-order valence-corrected chi connectivity index (χ3v) is 7.68. The molecule has 0 saturated carbocycles. The van der Waals surface area contributed by atoms with Crippen LogP contribution in [0.5, 0.6) is 0 Å². The van der Waals surface area contributed by atoms with Gasteiger partial charge in [0.05, 0.1) is 11.1 Å². The predicted molar refractivity (Wildman–Crippen MR) is 111 cm³/mol. The second-order valence-corrected chi connectivity index (χ2v) is 9.78. The predicted octanol–water partition coefficient (Wildman–Crippen LogP) is 4.41. The van der Waals surface area contributed by atoms with Crippen molar-refractivity contribution in [2.75, 3.05) is 13.1 Å². The average molecular weight is 459 g/mol. The van der Waals surface area contributed by atoms with Crippen LogP contribution in [0, 0.1) is 11.7 Å². The van der Waals surface area contributed by atoms with E-state index in [0.29, 0.717) is 12.8 Å². The summed E-state index contributed by atoms with van der Waals surface area (Å²) in [4.78, 5) is 12.6. The molecule has 1 aliphatic heterocycles. The van der Waals surface area contributed by atoms with Crippen molar-refractivity contribution in [1.29, 1.82) is 0 Å². The Morgan fingerprint density at radius 3 is 2.38 bits per heavy atom. The van der Waals surface area contributed by atoms with Crippen molar-refractivity contribution in [3.05, 3.63) is 63.9 Å². The number of piperidine rings is 1. The zero-order chi connectivity index (χ0) is 21.2. The molecular weight excluding hydrogens is 438 g/mol. The first-order valence-corrected chi connectivity index (χ1v) is 11.4. The number of benzene rings is 2. The van der Waals surface area contributed by atoms with E-state index in [0.717, 1.165) is 5.56 Å². The van der Waals surface area contributed by atoms with E-state index >= 15 is 0 Å². The first kappa shape index (κ1) is 22.0. The standard InChI is InChI=1S/C20H21Cl2FN2O3S/c1-13(14-2-5-17(23)6-3-14)24-20(26)15-8-10-25(11-9-15)29(27,28)19-12-16(21)4-7-18(19)22/h2-7,12-13,15H,8-11H2,1H3,(H,24,26)/t13-/m0/s1. The fourth-order valence-corrected chi connectivity index (χ4v) is 5.55. The third-order valence-electron chi connectivity index (χ3n) is 5.06. The number of hydrogen-bond donors (Lipinski definition) is 1. The molecule has 5 nitrogen and oxygen atoms in total. The monoisotopic (exact) mass is 458 g/mol. The molecule has 1 amide bonds. The quantitative estimate of drug-likeness (QED) is 0.721. The molecule has 9 heteroatoms. The van der Waals surface area contributed by atoms with E-state index < -0.39 is 10.0 Å². The van der Waals surface area contributed by atoms with E-state index in [2.05, 4.69) is 5.32 Å². The van der Waals surface area contributed by atoms with Gasteiger partial charge in [0.25, 0.3) is 0 Å². The average Bonchev–Trinajstić information content (AvgIpc) is 2.70. The first-order chi connectivity index (χ1) is 13.7. The van der Waals surface area contributed by atoms with Gasteiger partial charge in [0.15, 0.2) is 0 Å². The van der Waals surface area contributed by atoms with Crippen molar-refractivity contribution in [2.24, 2.45) is 5.92 Å². The van der Waals surface area contributed by atoms with Crippen molar-refractivity contribution in [3.8, 4) is 0 Å². The Balaban J connectivity index is 1.61. The minimum Gasteiger partial charge on any atom is -0.349 e. The molecule has 0 aliphatic carbocycles. The number of sulfonamides is 1. The molecular formula is C20H21Cl2FN2O3S. The summed E-state index contributed by atoms with van der Waals surface area (Å²) in [5.41, 5.74) is 0.801. The van der Waals surface area contributed by atoms with Gasteiger partial charge in [0.2, 0.25) is 15.9 Å². The molecule has 0 aromatic heterocycles. The number of halogens is 3. The van der Waals surface area contributed by atoms with Crippen LogP contribution in [0.3, 0.4) is 0 Å². The van der Waals surface area contributed by atoms with E-state index in [1.54, 1.807) is 12.1 Å². The Hall–Kier alpha value is -1.67. The summed E-state index contributed by atoms with van der Waals surface area (Å²) in [6.45, 7) is 2.26. The van der Waals surface area contributed by atoms with Gasteiger partial charge in [-0.3, -0.25) is 4.79 Å². The van der Waals surface area contributed by atoms with Crippen LogP contribution in [0.25, 0.3) is 0 Å².